The van der Waals surface area contributed by atoms with Gasteiger partial charge in [0.05, 0.1) is 13.3 Å². The highest BCUT2D eigenvalue weighted by Gasteiger charge is 2.28. The van der Waals surface area contributed by atoms with E-state index < -0.39 is 0 Å². The Morgan fingerprint density at radius 2 is 1.96 bits per heavy atom. The summed E-state index contributed by atoms with van der Waals surface area (Å²) in [6.45, 7) is 11.1. The molecule has 1 aromatic heterocycles. The fraction of sp³-hybridized carbons (Fsp3) is 0.524. The normalized spacial score (nSPS) is 14.5. The number of anilines is 2. The number of hydrogen-bond acceptors (Lipinski definition) is 5. The predicted molar refractivity (Wildman–Crippen MR) is 109 cm³/mol. The van der Waals surface area contributed by atoms with Crippen LogP contribution in [0.1, 0.15) is 35.7 Å². The van der Waals surface area contributed by atoms with Crippen LogP contribution in [0.25, 0.3) is 0 Å². The molecule has 2 aromatic rings. The van der Waals surface area contributed by atoms with E-state index in [1.165, 1.54) is 11.1 Å². The second-order valence-corrected chi connectivity index (χ2v) is 7.23. The van der Waals surface area contributed by atoms with Crippen molar-refractivity contribution >= 4 is 11.6 Å². The Balaban J connectivity index is 2.10. The van der Waals surface area contributed by atoms with Crippen molar-refractivity contribution in [2.24, 2.45) is 0 Å². The number of methoxy groups -OCH3 is 1. The summed E-state index contributed by atoms with van der Waals surface area (Å²) in [6.07, 6.45) is 1.63. The van der Waals surface area contributed by atoms with Gasteiger partial charge in [-0.1, -0.05) is 19.1 Å². The molecule has 2 heterocycles. The minimum Gasteiger partial charge on any atom is -0.385 e. The molecule has 1 aliphatic heterocycles. The van der Waals surface area contributed by atoms with Crippen LogP contribution in [0.3, 0.4) is 0 Å². The molecule has 1 aliphatic rings. The summed E-state index contributed by atoms with van der Waals surface area (Å²) in [7, 11) is 1.72. The Morgan fingerprint density at radius 1 is 1.19 bits per heavy atom. The van der Waals surface area contributed by atoms with Crippen LogP contribution < -0.4 is 10.5 Å². The topological polar surface area (TPSA) is 50.6 Å². The number of aryl methyl sites for hydroxylation is 2. The largest absolute Gasteiger partial charge is 0.385 e. The third kappa shape index (κ3) is 3.77. The van der Waals surface area contributed by atoms with Crippen LogP contribution in [0, 0.1) is 20.8 Å². The average Bonchev–Trinajstić information content (AvgIpc) is 2.65. The van der Waals surface area contributed by atoms with Crippen LogP contribution in [0.5, 0.6) is 0 Å². The van der Waals surface area contributed by atoms with Crippen molar-refractivity contribution in [3.05, 3.63) is 50.9 Å². The van der Waals surface area contributed by atoms with Gasteiger partial charge in [-0.2, -0.15) is 0 Å². The number of benzene rings is 1. The van der Waals surface area contributed by atoms with Gasteiger partial charge in [-0.3, -0.25) is 19.2 Å². The molecule has 0 spiro atoms. The van der Waals surface area contributed by atoms with Crippen molar-refractivity contribution < 1.29 is 4.74 Å². The van der Waals surface area contributed by atoms with E-state index >= 15 is 0 Å². The summed E-state index contributed by atoms with van der Waals surface area (Å²) in [5, 5.41) is 0. The van der Waals surface area contributed by atoms with E-state index in [9.17, 15) is 4.79 Å². The van der Waals surface area contributed by atoms with Crippen molar-refractivity contribution in [1.82, 2.24) is 14.5 Å². The maximum Gasteiger partial charge on any atom is 0.259 e. The lowest BCUT2D eigenvalue weighted by Crippen LogP contribution is -2.48. The van der Waals surface area contributed by atoms with Gasteiger partial charge in [-0.25, -0.2) is 4.98 Å². The van der Waals surface area contributed by atoms with E-state index in [0.29, 0.717) is 26.4 Å². The number of rotatable bonds is 6. The zero-order valence-corrected chi connectivity index (χ0v) is 17.1. The molecule has 0 bridgehead atoms. The van der Waals surface area contributed by atoms with Gasteiger partial charge in [0.25, 0.3) is 5.56 Å². The van der Waals surface area contributed by atoms with Crippen LogP contribution in [0.2, 0.25) is 0 Å². The minimum absolute atomic E-state index is 0.0757. The molecule has 0 saturated carbocycles. The first kappa shape index (κ1) is 19.6. The summed E-state index contributed by atoms with van der Waals surface area (Å²) in [5.41, 5.74) is 5.27. The molecule has 1 aromatic carbocycles. The molecular formula is C21H30N4O2. The van der Waals surface area contributed by atoms with Gasteiger partial charge in [0.2, 0.25) is 5.95 Å². The highest BCUT2D eigenvalue weighted by molar-refractivity contribution is 5.64. The summed E-state index contributed by atoms with van der Waals surface area (Å²) >= 11 is 0. The number of aromatic nitrogens is 2. The maximum atomic E-state index is 13.1. The van der Waals surface area contributed by atoms with Crippen molar-refractivity contribution in [2.75, 3.05) is 31.8 Å². The molecule has 0 amide bonds. The standard InChI is InChI=1S/C21H30N4O2/c1-6-18-17(4)22-21-24(19-10-7-9-15(2)16(19)3)13-23(11-8-12-27-5)14-25(21)20(18)26/h7,9-10H,6,8,11-14H2,1-5H3. The first-order valence-electron chi connectivity index (χ1n) is 9.63. The van der Waals surface area contributed by atoms with Gasteiger partial charge >= 0.3 is 0 Å². The molecule has 3 rings (SSSR count). The molecule has 0 N–H and O–H groups in total. The van der Waals surface area contributed by atoms with Gasteiger partial charge in [0, 0.05) is 37.2 Å². The smallest absolute Gasteiger partial charge is 0.259 e. The maximum absolute atomic E-state index is 13.1. The molecule has 0 radical (unpaired) electrons. The number of fused-ring (bicyclic) bond motifs is 1. The van der Waals surface area contributed by atoms with Crippen molar-refractivity contribution in [1.29, 1.82) is 0 Å². The van der Waals surface area contributed by atoms with Gasteiger partial charge in [-0.15, -0.1) is 0 Å². The highest BCUT2D eigenvalue weighted by atomic mass is 16.5. The zero-order chi connectivity index (χ0) is 19.6. The molecule has 0 atom stereocenters. The highest BCUT2D eigenvalue weighted by Crippen LogP contribution is 2.31. The van der Waals surface area contributed by atoms with Gasteiger partial charge in [0.15, 0.2) is 0 Å². The molecule has 6 nitrogen and oxygen atoms in total. The third-order valence-corrected chi connectivity index (χ3v) is 5.42. The monoisotopic (exact) mass is 370 g/mol. The van der Waals surface area contributed by atoms with Crippen LogP contribution >= 0.6 is 0 Å². The first-order valence-corrected chi connectivity index (χ1v) is 9.63. The molecule has 0 fully saturated rings. The summed E-state index contributed by atoms with van der Waals surface area (Å²) < 4.78 is 7.03. The van der Waals surface area contributed by atoms with Crippen LogP contribution in [-0.4, -0.2) is 41.4 Å². The van der Waals surface area contributed by atoms with E-state index in [4.69, 9.17) is 9.72 Å². The van der Waals surface area contributed by atoms with E-state index in [1.54, 1.807) is 7.11 Å². The molecular weight excluding hydrogens is 340 g/mol. The average molecular weight is 370 g/mol. The number of ether oxygens (including phenoxy) is 1. The Morgan fingerprint density at radius 3 is 2.67 bits per heavy atom. The molecule has 0 aliphatic carbocycles. The Kier molecular flexibility index (Phi) is 5.97. The second-order valence-electron chi connectivity index (χ2n) is 7.23. The lowest BCUT2D eigenvalue weighted by molar-refractivity contribution is 0.150. The first-order chi connectivity index (χ1) is 13.0. The zero-order valence-electron chi connectivity index (χ0n) is 17.1. The molecule has 146 valence electrons. The van der Waals surface area contributed by atoms with Crippen molar-refractivity contribution in [2.45, 2.75) is 47.2 Å². The summed E-state index contributed by atoms with van der Waals surface area (Å²) in [5.74, 6) is 0.742. The van der Waals surface area contributed by atoms with E-state index in [1.807, 2.05) is 18.4 Å². The predicted octanol–water partition coefficient (Wildman–Crippen LogP) is 3.14. The molecule has 0 unspecified atom stereocenters. The fourth-order valence-electron chi connectivity index (χ4n) is 3.72. The SMILES string of the molecule is CCc1c(C)nc2n(c1=O)CN(CCCOC)CN2c1cccc(C)c1C. The van der Waals surface area contributed by atoms with Crippen molar-refractivity contribution in [3.63, 3.8) is 0 Å². The van der Waals surface area contributed by atoms with E-state index in [2.05, 4.69) is 41.8 Å². The van der Waals surface area contributed by atoms with Gasteiger partial charge < -0.3 is 4.74 Å². The van der Waals surface area contributed by atoms with E-state index in [0.717, 1.165) is 35.9 Å². The molecule has 6 heteroatoms. The fourth-order valence-corrected chi connectivity index (χ4v) is 3.72. The Bertz CT molecular complexity index is 875. The van der Waals surface area contributed by atoms with Crippen molar-refractivity contribution in [3.8, 4) is 0 Å². The number of nitrogens with zero attached hydrogens (tertiary/aromatic N) is 4. The summed E-state index contributed by atoms with van der Waals surface area (Å²) in [6, 6.07) is 6.29. The lowest BCUT2D eigenvalue weighted by Gasteiger charge is -2.39. The second kappa shape index (κ2) is 8.23. The Hall–Kier alpha value is -2.18. The molecule has 27 heavy (non-hydrogen) atoms. The third-order valence-electron chi connectivity index (χ3n) is 5.42. The van der Waals surface area contributed by atoms with Crippen LogP contribution in [0.4, 0.5) is 11.6 Å². The van der Waals surface area contributed by atoms with Crippen LogP contribution in [-0.2, 0) is 17.8 Å². The molecule has 0 saturated heterocycles. The van der Waals surface area contributed by atoms with Gasteiger partial charge in [0.1, 0.15) is 0 Å². The number of hydrogen-bond donors (Lipinski definition) is 0. The summed E-state index contributed by atoms with van der Waals surface area (Å²) in [4.78, 5) is 22.4. The van der Waals surface area contributed by atoms with Gasteiger partial charge in [-0.05, 0) is 50.8 Å². The Labute approximate surface area is 161 Å². The lowest BCUT2D eigenvalue weighted by atomic mass is 10.1. The van der Waals surface area contributed by atoms with E-state index in [-0.39, 0.29) is 5.56 Å². The quantitative estimate of drug-likeness (QED) is 0.731. The minimum atomic E-state index is 0.0757. The van der Waals surface area contributed by atoms with Crippen LogP contribution in [0.15, 0.2) is 23.0 Å².